The van der Waals surface area contributed by atoms with Crippen molar-refractivity contribution in [3.8, 4) is 11.5 Å². The lowest BCUT2D eigenvalue weighted by Crippen LogP contribution is -2.31. The van der Waals surface area contributed by atoms with Gasteiger partial charge < -0.3 is 10.1 Å². The number of carbonyl (C=O) groups excluding carboxylic acids is 1. The molecule has 0 spiro atoms. The quantitative estimate of drug-likeness (QED) is 0.555. The summed E-state index contributed by atoms with van der Waals surface area (Å²) < 4.78 is 36.2. The molecule has 3 aromatic rings. The third-order valence-electron chi connectivity index (χ3n) is 4.11. The first-order chi connectivity index (χ1) is 12.1. The van der Waals surface area contributed by atoms with Gasteiger partial charge in [0.25, 0.3) is 5.91 Å². The summed E-state index contributed by atoms with van der Waals surface area (Å²) in [7, 11) is 1.32. The summed E-state index contributed by atoms with van der Waals surface area (Å²) in [6.07, 6.45) is 2.38. The molecule has 0 saturated heterocycles. The van der Waals surface area contributed by atoms with Gasteiger partial charge >= 0.3 is 0 Å². The monoisotopic (exact) mass is 472 g/mol. The van der Waals surface area contributed by atoms with Crippen LogP contribution in [0.3, 0.4) is 0 Å². The van der Waals surface area contributed by atoms with Crippen LogP contribution < -0.4 is 10.1 Å². The van der Waals surface area contributed by atoms with Gasteiger partial charge in [0.1, 0.15) is 5.75 Å². The van der Waals surface area contributed by atoms with Crippen molar-refractivity contribution in [3.05, 3.63) is 59.3 Å². The van der Waals surface area contributed by atoms with Crippen LogP contribution in [0.15, 0.2) is 36.5 Å². The molecule has 1 aliphatic heterocycles. The normalized spacial score (nSPS) is 13.6. The third kappa shape index (κ3) is 2.86. The number of ether oxygens (including phenoxy) is 1. The van der Waals surface area contributed by atoms with Crippen molar-refractivity contribution >= 4 is 47.1 Å². The maximum atomic E-state index is 14.7. The van der Waals surface area contributed by atoms with Crippen molar-refractivity contribution < 1.29 is 18.3 Å². The predicted octanol–water partition coefficient (Wildman–Crippen LogP) is 4.84. The number of aromatic nitrogens is 1. The molecule has 0 atom stereocenters. The number of carbonyl (C=O) groups is 1. The van der Waals surface area contributed by atoms with Gasteiger partial charge in [-0.1, -0.05) is 6.07 Å². The summed E-state index contributed by atoms with van der Waals surface area (Å²) in [6, 6.07) is 7.69. The molecule has 128 valence electrons. The zero-order valence-corrected chi connectivity index (χ0v) is 15.7. The maximum Gasteiger partial charge on any atom is 0.251 e. The van der Waals surface area contributed by atoms with Crippen molar-refractivity contribution in [3.63, 3.8) is 0 Å². The Morgan fingerprint density at radius 2 is 2.08 bits per heavy atom. The van der Waals surface area contributed by atoms with Crippen LogP contribution in [0.2, 0.25) is 0 Å². The van der Waals surface area contributed by atoms with Crippen LogP contribution in [0.25, 0.3) is 10.9 Å². The minimum absolute atomic E-state index is 0.209. The molecule has 0 aliphatic carbocycles. The molecule has 0 bridgehead atoms. The second-order valence-corrected chi connectivity index (χ2v) is 7.28. The van der Waals surface area contributed by atoms with E-state index >= 15 is 0 Å². The summed E-state index contributed by atoms with van der Waals surface area (Å²) in [6.45, 7) is 0.581. The Bertz CT molecular complexity index is 1010. The highest BCUT2D eigenvalue weighted by molar-refractivity contribution is 14.2. The molecule has 0 fully saturated rings. The zero-order chi connectivity index (χ0) is 17.6. The number of benzene rings is 2. The van der Waals surface area contributed by atoms with E-state index in [1.807, 2.05) is 21.2 Å². The van der Waals surface area contributed by atoms with E-state index in [1.165, 1.54) is 21.3 Å². The molecule has 2 aromatic carbocycles. The Morgan fingerprint density at radius 1 is 1.24 bits per heavy atom. The van der Waals surface area contributed by atoms with Gasteiger partial charge in [-0.2, -0.15) is 0 Å². The average Bonchev–Trinajstić information content (AvgIpc) is 3.02. The molecule has 0 radical (unpaired) electrons. The van der Waals surface area contributed by atoms with Crippen LogP contribution >= 0.6 is 30.3 Å². The first-order valence-electron chi connectivity index (χ1n) is 7.45. The van der Waals surface area contributed by atoms with Gasteiger partial charge in [0, 0.05) is 60.1 Å². The first kappa shape index (κ1) is 16.6. The summed E-state index contributed by atoms with van der Waals surface area (Å²) in [4.78, 5) is 11.9. The number of amides is 1. The van der Waals surface area contributed by atoms with E-state index in [9.17, 15) is 13.6 Å². The summed E-state index contributed by atoms with van der Waals surface area (Å²) in [5.41, 5.74) is 1.80. The molecule has 4 nitrogen and oxygen atoms in total. The van der Waals surface area contributed by atoms with Crippen molar-refractivity contribution in [1.82, 2.24) is 9.29 Å². The molecule has 25 heavy (non-hydrogen) atoms. The molecule has 1 aliphatic rings. The number of hydrogen-bond donors (Lipinski definition) is 1. The lowest BCUT2D eigenvalue weighted by Gasteiger charge is -2.17. The second kappa shape index (κ2) is 6.49. The second-order valence-electron chi connectivity index (χ2n) is 5.57. The van der Waals surface area contributed by atoms with Crippen LogP contribution in [0, 0.1) is 11.6 Å². The topological polar surface area (TPSA) is 43.3 Å². The highest BCUT2D eigenvalue weighted by atomic mass is 127. The highest BCUT2D eigenvalue weighted by Crippen LogP contribution is 2.36. The Balaban J connectivity index is 1.76. The lowest BCUT2D eigenvalue weighted by molar-refractivity contribution is 0.0945. The molecular weight excluding hydrogens is 461 g/mol. The van der Waals surface area contributed by atoms with Gasteiger partial charge in [-0.05, 0) is 30.2 Å². The van der Waals surface area contributed by atoms with Crippen LogP contribution in [0.5, 0.6) is 11.5 Å². The first-order valence-corrected chi connectivity index (χ1v) is 10.8. The molecular formula is C17H11F2IN2O2S. The minimum atomic E-state index is -0.794. The Morgan fingerprint density at radius 3 is 2.88 bits per heavy atom. The van der Waals surface area contributed by atoms with E-state index in [0.717, 1.165) is 12.0 Å². The van der Waals surface area contributed by atoms with Gasteiger partial charge in [0.15, 0.2) is 17.4 Å². The van der Waals surface area contributed by atoms with E-state index in [2.05, 4.69) is 5.32 Å². The number of fused-ring (bicyclic) bond motifs is 2. The highest BCUT2D eigenvalue weighted by Gasteiger charge is 2.21. The standard InChI is InChI=1S/C17H11F2IN2O2S/c18-13-8-14-11(4-6-22(14)25-20)15(19)16(13)24-10-2-1-9-3-5-21-17(23)12(9)7-10/h1-2,4,6-8H,3,5H2,(H,21,23). The fourth-order valence-electron chi connectivity index (χ4n) is 2.89. The van der Waals surface area contributed by atoms with Gasteiger partial charge in [-0.3, -0.25) is 8.77 Å². The number of nitrogens with one attached hydrogen (secondary N) is 1. The minimum Gasteiger partial charge on any atom is -0.451 e. The molecule has 4 rings (SSSR count). The molecule has 1 amide bonds. The van der Waals surface area contributed by atoms with Crippen molar-refractivity contribution in [2.24, 2.45) is 0 Å². The number of halogens is 3. The molecule has 8 heteroatoms. The maximum absolute atomic E-state index is 14.7. The lowest BCUT2D eigenvalue weighted by atomic mass is 10.0. The largest absolute Gasteiger partial charge is 0.451 e. The van der Waals surface area contributed by atoms with E-state index in [-0.39, 0.29) is 17.0 Å². The molecule has 0 unspecified atom stereocenters. The zero-order valence-electron chi connectivity index (χ0n) is 12.7. The Hall–Kier alpha value is -1.81. The summed E-state index contributed by atoms with van der Waals surface area (Å²) in [5, 5.41) is 3.01. The molecule has 1 aromatic heterocycles. The number of nitrogens with zero attached hydrogens (tertiary/aromatic N) is 1. The van der Waals surface area contributed by atoms with Crippen LogP contribution in [0.1, 0.15) is 15.9 Å². The Kier molecular flexibility index (Phi) is 4.32. The van der Waals surface area contributed by atoms with Crippen molar-refractivity contribution in [2.75, 3.05) is 6.54 Å². The van der Waals surface area contributed by atoms with Gasteiger partial charge in [0.05, 0.1) is 5.52 Å². The fourth-order valence-corrected chi connectivity index (χ4v) is 4.25. The third-order valence-corrected chi connectivity index (χ3v) is 5.85. The number of rotatable bonds is 3. The fraction of sp³-hybridized carbons (Fsp3) is 0.118. The van der Waals surface area contributed by atoms with Crippen LogP contribution in [-0.4, -0.2) is 16.4 Å². The van der Waals surface area contributed by atoms with E-state index in [0.29, 0.717) is 17.6 Å². The van der Waals surface area contributed by atoms with Gasteiger partial charge in [-0.15, -0.1) is 0 Å². The Labute approximate surface area is 158 Å². The average molecular weight is 472 g/mol. The van der Waals surface area contributed by atoms with Crippen molar-refractivity contribution in [2.45, 2.75) is 6.42 Å². The number of hydrogen-bond acceptors (Lipinski definition) is 3. The predicted molar refractivity (Wildman–Crippen MR) is 101 cm³/mol. The van der Waals surface area contributed by atoms with Crippen LogP contribution in [-0.2, 0) is 6.42 Å². The van der Waals surface area contributed by atoms with E-state index in [4.69, 9.17) is 4.74 Å². The summed E-state index contributed by atoms with van der Waals surface area (Å²) >= 11 is 2.04. The van der Waals surface area contributed by atoms with Gasteiger partial charge in [-0.25, -0.2) is 8.78 Å². The molecule has 0 saturated carbocycles. The van der Waals surface area contributed by atoms with E-state index < -0.39 is 17.4 Å². The van der Waals surface area contributed by atoms with E-state index in [1.54, 1.807) is 28.4 Å². The van der Waals surface area contributed by atoms with Crippen LogP contribution in [0.4, 0.5) is 8.78 Å². The summed E-state index contributed by atoms with van der Waals surface area (Å²) in [5.74, 6) is -2.02. The van der Waals surface area contributed by atoms with Crippen molar-refractivity contribution in [1.29, 1.82) is 0 Å². The molecule has 1 N–H and O–H groups in total. The SMILES string of the molecule is O=C1NCCc2ccc(Oc3c(F)cc4c(ccn4SI)c3F)cc21. The smallest absolute Gasteiger partial charge is 0.251 e. The van der Waals surface area contributed by atoms with Gasteiger partial charge in [0.2, 0.25) is 0 Å². The molecule has 2 heterocycles.